The molecule has 0 spiro atoms. The first-order valence-corrected chi connectivity index (χ1v) is 10.6. The molecule has 0 aliphatic heterocycles. The number of amides is 2. The lowest BCUT2D eigenvalue weighted by Crippen LogP contribution is -2.38. The maximum absolute atomic E-state index is 13.6. The SMILES string of the molecule is CC(C)Oc1cc(C(=O)N(c2ccccc2)c2ccccc2)ccc1C(=O)NC(C)C(=O)O. The topological polar surface area (TPSA) is 95.9 Å². The predicted octanol–water partition coefficient (Wildman–Crippen LogP) is 4.66. The van der Waals surface area contributed by atoms with Crippen LogP contribution >= 0.6 is 0 Å². The maximum atomic E-state index is 13.6. The minimum Gasteiger partial charge on any atom is -0.490 e. The number of para-hydroxylation sites is 2. The van der Waals surface area contributed by atoms with Crippen molar-refractivity contribution in [3.8, 4) is 5.75 Å². The van der Waals surface area contributed by atoms with E-state index in [-0.39, 0.29) is 23.3 Å². The smallest absolute Gasteiger partial charge is 0.325 e. The van der Waals surface area contributed by atoms with E-state index in [4.69, 9.17) is 9.84 Å². The molecule has 0 radical (unpaired) electrons. The Kier molecular flexibility index (Phi) is 7.46. The standard InChI is InChI=1S/C26H26N2O5/c1-17(2)33-23-16-19(14-15-22(23)24(29)27-18(3)26(31)32)25(30)28(20-10-6-4-7-11-20)21-12-8-5-9-13-21/h4-18H,1-3H3,(H,27,29)(H,31,32). The van der Waals surface area contributed by atoms with Gasteiger partial charge in [0.1, 0.15) is 11.8 Å². The van der Waals surface area contributed by atoms with Gasteiger partial charge in [-0.25, -0.2) is 0 Å². The van der Waals surface area contributed by atoms with E-state index in [0.717, 1.165) is 0 Å². The second-order valence-corrected chi connectivity index (χ2v) is 7.72. The van der Waals surface area contributed by atoms with E-state index in [0.29, 0.717) is 16.9 Å². The number of rotatable bonds is 8. The van der Waals surface area contributed by atoms with Crippen LogP contribution in [0.4, 0.5) is 11.4 Å². The maximum Gasteiger partial charge on any atom is 0.325 e. The number of hydrogen-bond acceptors (Lipinski definition) is 4. The molecule has 3 aromatic carbocycles. The fraction of sp³-hybridized carbons (Fsp3) is 0.192. The zero-order chi connectivity index (χ0) is 24.0. The van der Waals surface area contributed by atoms with Gasteiger partial charge in [-0.05, 0) is 63.2 Å². The van der Waals surface area contributed by atoms with Crippen LogP contribution in [0.2, 0.25) is 0 Å². The van der Waals surface area contributed by atoms with Gasteiger partial charge in [-0.1, -0.05) is 36.4 Å². The Hall–Kier alpha value is -4.13. The number of carboxylic acids is 1. The van der Waals surface area contributed by atoms with Gasteiger partial charge >= 0.3 is 5.97 Å². The summed E-state index contributed by atoms with van der Waals surface area (Å²) in [5, 5.41) is 11.5. The molecule has 3 aromatic rings. The lowest BCUT2D eigenvalue weighted by atomic mass is 10.1. The molecule has 0 saturated heterocycles. The third-order valence-corrected chi connectivity index (χ3v) is 4.79. The number of carbonyl (C=O) groups is 3. The van der Waals surface area contributed by atoms with Crippen molar-refractivity contribution in [1.29, 1.82) is 0 Å². The average molecular weight is 447 g/mol. The zero-order valence-electron chi connectivity index (χ0n) is 18.7. The highest BCUT2D eigenvalue weighted by Gasteiger charge is 2.24. The summed E-state index contributed by atoms with van der Waals surface area (Å²) in [7, 11) is 0. The molecule has 0 aromatic heterocycles. The predicted molar refractivity (Wildman–Crippen MR) is 126 cm³/mol. The summed E-state index contributed by atoms with van der Waals surface area (Å²) < 4.78 is 5.81. The number of nitrogens with zero attached hydrogens (tertiary/aromatic N) is 1. The van der Waals surface area contributed by atoms with Gasteiger partial charge in [-0.3, -0.25) is 19.3 Å². The molecule has 1 atom stereocenters. The van der Waals surface area contributed by atoms with Gasteiger partial charge in [0, 0.05) is 16.9 Å². The van der Waals surface area contributed by atoms with Crippen LogP contribution < -0.4 is 15.0 Å². The minimum atomic E-state index is -1.15. The minimum absolute atomic E-state index is 0.152. The summed E-state index contributed by atoms with van der Waals surface area (Å²) >= 11 is 0. The molecular formula is C26H26N2O5. The highest BCUT2D eigenvalue weighted by molar-refractivity contribution is 6.11. The Labute approximate surface area is 192 Å². The van der Waals surface area contributed by atoms with Gasteiger partial charge < -0.3 is 15.2 Å². The number of carboxylic acid groups (broad SMARTS) is 1. The van der Waals surface area contributed by atoms with Gasteiger partial charge in [0.05, 0.1) is 11.7 Å². The highest BCUT2D eigenvalue weighted by atomic mass is 16.5. The first-order valence-electron chi connectivity index (χ1n) is 10.6. The number of anilines is 2. The van der Waals surface area contributed by atoms with Crippen LogP contribution in [0.1, 0.15) is 41.5 Å². The molecule has 7 nitrogen and oxygen atoms in total. The zero-order valence-corrected chi connectivity index (χ0v) is 18.7. The lowest BCUT2D eigenvalue weighted by molar-refractivity contribution is -0.138. The van der Waals surface area contributed by atoms with E-state index in [2.05, 4.69) is 5.32 Å². The number of ether oxygens (including phenoxy) is 1. The lowest BCUT2D eigenvalue weighted by Gasteiger charge is -2.24. The molecule has 2 N–H and O–H groups in total. The molecule has 0 heterocycles. The number of aliphatic carboxylic acids is 1. The second kappa shape index (κ2) is 10.5. The quantitative estimate of drug-likeness (QED) is 0.525. The molecule has 2 amide bonds. The van der Waals surface area contributed by atoms with E-state index < -0.39 is 17.9 Å². The van der Waals surface area contributed by atoms with Crippen LogP contribution in [0.5, 0.6) is 5.75 Å². The fourth-order valence-corrected chi connectivity index (χ4v) is 3.20. The largest absolute Gasteiger partial charge is 0.490 e. The number of carbonyl (C=O) groups excluding carboxylic acids is 2. The van der Waals surface area contributed by atoms with Crippen molar-refractivity contribution < 1.29 is 24.2 Å². The molecule has 3 rings (SSSR count). The van der Waals surface area contributed by atoms with Crippen LogP contribution in [0, 0.1) is 0 Å². The Morgan fingerprint density at radius 3 is 1.88 bits per heavy atom. The van der Waals surface area contributed by atoms with Crippen molar-refractivity contribution in [2.24, 2.45) is 0 Å². The van der Waals surface area contributed by atoms with Crippen LogP contribution in [-0.2, 0) is 4.79 Å². The summed E-state index contributed by atoms with van der Waals surface area (Å²) in [5.74, 6) is -1.84. The first kappa shape index (κ1) is 23.5. The highest BCUT2D eigenvalue weighted by Crippen LogP contribution is 2.29. The summed E-state index contributed by atoms with van der Waals surface area (Å²) in [6.07, 6.45) is -0.266. The number of benzene rings is 3. The monoisotopic (exact) mass is 446 g/mol. The van der Waals surface area contributed by atoms with Crippen molar-refractivity contribution >= 4 is 29.2 Å². The van der Waals surface area contributed by atoms with Crippen LogP contribution in [-0.4, -0.2) is 35.0 Å². The molecular weight excluding hydrogens is 420 g/mol. The van der Waals surface area contributed by atoms with Crippen LogP contribution in [0.3, 0.4) is 0 Å². The third-order valence-electron chi connectivity index (χ3n) is 4.79. The molecule has 0 fully saturated rings. The number of nitrogens with one attached hydrogen (secondary N) is 1. The Balaban J connectivity index is 2.02. The van der Waals surface area contributed by atoms with Crippen molar-refractivity contribution in [2.75, 3.05) is 4.90 Å². The van der Waals surface area contributed by atoms with Gasteiger partial charge in [0.2, 0.25) is 0 Å². The Morgan fingerprint density at radius 2 is 1.39 bits per heavy atom. The van der Waals surface area contributed by atoms with Gasteiger partial charge in [-0.2, -0.15) is 0 Å². The molecule has 0 saturated carbocycles. The van der Waals surface area contributed by atoms with Crippen molar-refractivity contribution in [3.05, 3.63) is 90.0 Å². The van der Waals surface area contributed by atoms with Crippen molar-refractivity contribution in [3.63, 3.8) is 0 Å². The number of hydrogen-bond donors (Lipinski definition) is 2. The van der Waals surface area contributed by atoms with Crippen molar-refractivity contribution in [2.45, 2.75) is 32.9 Å². The molecule has 0 aliphatic rings. The summed E-state index contributed by atoms with van der Waals surface area (Å²) in [4.78, 5) is 39.0. The Bertz CT molecular complexity index is 1090. The molecule has 0 aliphatic carbocycles. The molecule has 170 valence electrons. The normalized spacial score (nSPS) is 11.5. The third kappa shape index (κ3) is 5.77. The van der Waals surface area contributed by atoms with Crippen LogP contribution in [0.15, 0.2) is 78.9 Å². The molecule has 7 heteroatoms. The average Bonchev–Trinajstić information content (AvgIpc) is 2.80. The second-order valence-electron chi connectivity index (χ2n) is 7.72. The summed E-state index contributed by atoms with van der Waals surface area (Å²) in [6, 6.07) is 22.0. The van der Waals surface area contributed by atoms with E-state index in [1.807, 2.05) is 60.7 Å². The van der Waals surface area contributed by atoms with E-state index in [9.17, 15) is 14.4 Å². The summed E-state index contributed by atoms with van der Waals surface area (Å²) in [6.45, 7) is 4.98. The fourth-order valence-electron chi connectivity index (χ4n) is 3.20. The van der Waals surface area contributed by atoms with E-state index in [1.54, 1.807) is 18.7 Å². The van der Waals surface area contributed by atoms with Gasteiger partial charge in [-0.15, -0.1) is 0 Å². The first-order chi connectivity index (χ1) is 15.8. The van der Waals surface area contributed by atoms with Crippen molar-refractivity contribution in [1.82, 2.24) is 5.32 Å². The van der Waals surface area contributed by atoms with Gasteiger partial charge in [0.15, 0.2) is 0 Å². The summed E-state index contributed by atoms with van der Waals surface area (Å²) in [5.41, 5.74) is 1.86. The van der Waals surface area contributed by atoms with Gasteiger partial charge in [0.25, 0.3) is 11.8 Å². The molecule has 0 bridgehead atoms. The molecule has 1 unspecified atom stereocenters. The van der Waals surface area contributed by atoms with Crippen LogP contribution in [0.25, 0.3) is 0 Å². The van der Waals surface area contributed by atoms with E-state index in [1.165, 1.54) is 25.1 Å². The van der Waals surface area contributed by atoms with E-state index >= 15 is 0 Å². The molecule has 33 heavy (non-hydrogen) atoms. The Morgan fingerprint density at radius 1 is 0.848 bits per heavy atom.